The van der Waals surface area contributed by atoms with Crippen molar-refractivity contribution in [1.29, 1.82) is 0 Å². The highest BCUT2D eigenvalue weighted by Crippen LogP contribution is 2.26. The van der Waals surface area contributed by atoms with Gasteiger partial charge in [0, 0.05) is 11.6 Å². The Morgan fingerprint density at radius 3 is 2.12 bits per heavy atom. The summed E-state index contributed by atoms with van der Waals surface area (Å²) >= 11 is 0. The fraction of sp³-hybridized carbons (Fsp3) is 0.231. The van der Waals surface area contributed by atoms with Gasteiger partial charge in [0.1, 0.15) is 5.82 Å². The second-order valence-electron chi connectivity index (χ2n) is 4.29. The third-order valence-electron chi connectivity index (χ3n) is 2.88. The number of aryl methyl sites for hydroxylation is 3. The van der Waals surface area contributed by atoms with E-state index in [4.69, 9.17) is 11.5 Å². The molecular formula is C13H16N4. The van der Waals surface area contributed by atoms with E-state index in [2.05, 4.69) is 42.9 Å². The van der Waals surface area contributed by atoms with Gasteiger partial charge in [-0.05, 0) is 43.5 Å². The Morgan fingerprint density at radius 1 is 0.824 bits per heavy atom. The molecule has 0 atom stereocenters. The van der Waals surface area contributed by atoms with E-state index in [9.17, 15) is 0 Å². The Morgan fingerprint density at radius 2 is 1.47 bits per heavy atom. The molecule has 88 valence electrons. The van der Waals surface area contributed by atoms with Gasteiger partial charge in [0.05, 0.1) is 5.69 Å². The number of anilines is 2. The first kappa shape index (κ1) is 11.4. The summed E-state index contributed by atoms with van der Waals surface area (Å²) in [7, 11) is 0. The average Bonchev–Trinajstić information content (AvgIpc) is 2.22. The molecule has 1 aromatic heterocycles. The van der Waals surface area contributed by atoms with Gasteiger partial charge in [-0.2, -0.15) is 4.98 Å². The van der Waals surface area contributed by atoms with Crippen LogP contribution in [0.15, 0.2) is 18.2 Å². The number of nitrogens with zero attached hydrogens (tertiary/aromatic N) is 2. The maximum Gasteiger partial charge on any atom is 0.222 e. The van der Waals surface area contributed by atoms with Crippen molar-refractivity contribution in [2.75, 3.05) is 11.5 Å². The van der Waals surface area contributed by atoms with Crippen LogP contribution in [0.25, 0.3) is 11.3 Å². The Bertz CT molecular complexity index is 556. The van der Waals surface area contributed by atoms with Crippen LogP contribution in [-0.4, -0.2) is 9.97 Å². The van der Waals surface area contributed by atoms with Gasteiger partial charge in [0.25, 0.3) is 0 Å². The van der Waals surface area contributed by atoms with E-state index in [-0.39, 0.29) is 5.95 Å². The quantitative estimate of drug-likeness (QED) is 0.784. The normalized spacial score (nSPS) is 10.5. The number of rotatable bonds is 1. The number of nitrogens with two attached hydrogens (primary N) is 2. The number of benzene rings is 1. The monoisotopic (exact) mass is 228 g/mol. The van der Waals surface area contributed by atoms with Crippen molar-refractivity contribution >= 4 is 11.8 Å². The molecule has 0 unspecified atom stereocenters. The molecular weight excluding hydrogens is 212 g/mol. The standard InChI is InChI=1S/C13H16N4/c1-7-4-9(3)10(5-8(7)2)11-6-12(14)17-13(15)16-11/h4-6H,1-3H3,(H4,14,15,16,17). The molecule has 17 heavy (non-hydrogen) atoms. The lowest BCUT2D eigenvalue weighted by Crippen LogP contribution is -2.01. The van der Waals surface area contributed by atoms with Crippen LogP contribution in [0.1, 0.15) is 16.7 Å². The first-order valence-electron chi connectivity index (χ1n) is 5.45. The summed E-state index contributed by atoms with van der Waals surface area (Å²) in [5.41, 5.74) is 16.8. The van der Waals surface area contributed by atoms with Crippen LogP contribution in [0.3, 0.4) is 0 Å². The van der Waals surface area contributed by atoms with E-state index < -0.39 is 0 Å². The summed E-state index contributed by atoms with van der Waals surface area (Å²) in [5.74, 6) is 0.600. The predicted octanol–water partition coefficient (Wildman–Crippen LogP) is 2.23. The van der Waals surface area contributed by atoms with E-state index >= 15 is 0 Å². The topological polar surface area (TPSA) is 77.8 Å². The molecule has 4 heteroatoms. The zero-order valence-corrected chi connectivity index (χ0v) is 10.3. The van der Waals surface area contributed by atoms with Gasteiger partial charge in [-0.25, -0.2) is 4.98 Å². The maximum atomic E-state index is 5.68. The highest BCUT2D eigenvalue weighted by molar-refractivity contribution is 5.68. The van der Waals surface area contributed by atoms with Crippen molar-refractivity contribution in [1.82, 2.24) is 9.97 Å². The van der Waals surface area contributed by atoms with Crippen LogP contribution in [0.4, 0.5) is 11.8 Å². The van der Waals surface area contributed by atoms with Gasteiger partial charge in [-0.15, -0.1) is 0 Å². The van der Waals surface area contributed by atoms with Crippen LogP contribution < -0.4 is 11.5 Å². The first-order chi connectivity index (χ1) is 7.97. The second kappa shape index (κ2) is 4.05. The summed E-state index contributed by atoms with van der Waals surface area (Å²) in [6.45, 7) is 6.22. The lowest BCUT2D eigenvalue weighted by atomic mass is 9.98. The molecule has 0 aliphatic carbocycles. The molecule has 0 fully saturated rings. The number of nitrogen functional groups attached to an aromatic ring is 2. The summed E-state index contributed by atoms with van der Waals surface area (Å²) in [4.78, 5) is 8.10. The van der Waals surface area contributed by atoms with E-state index in [1.807, 2.05) is 0 Å². The second-order valence-corrected chi connectivity index (χ2v) is 4.29. The van der Waals surface area contributed by atoms with Crippen molar-refractivity contribution in [3.63, 3.8) is 0 Å². The zero-order chi connectivity index (χ0) is 12.6. The lowest BCUT2D eigenvalue weighted by Gasteiger charge is -2.10. The fourth-order valence-electron chi connectivity index (χ4n) is 1.86. The number of hydrogen-bond acceptors (Lipinski definition) is 4. The molecule has 2 aromatic rings. The van der Waals surface area contributed by atoms with Crippen LogP contribution in [-0.2, 0) is 0 Å². The Hall–Kier alpha value is -2.10. The van der Waals surface area contributed by atoms with E-state index in [0.29, 0.717) is 5.82 Å². The molecule has 0 saturated carbocycles. The number of aromatic nitrogens is 2. The van der Waals surface area contributed by atoms with E-state index in [1.54, 1.807) is 6.07 Å². The molecule has 4 nitrogen and oxygen atoms in total. The van der Waals surface area contributed by atoms with Crippen LogP contribution in [0.2, 0.25) is 0 Å². The summed E-state index contributed by atoms with van der Waals surface area (Å²) in [6, 6.07) is 5.98. The minimum atomic E-state index is 0.206. The lowest BCUT2D eigenvalue weighted by molar-refractivity contribution is 1.19. The van der Waals surface area contributed by atoms with Gasteiger partial charge >= 0.3 is 0 Å². The van der Waals surface area contributed by atoms with Gasteiger partial charge in [0.2, 0.25) is 5.95 Å². The number of hydrogen-bond donors (Lipinski definition) is 2. The van der Waals surface area contributed by atoms with Crippen molar-refractivity contribution in [2.24, 2.45) is 0 Å². The predicted molar refractivity (Wildman–Crippen MR) is 70.5 cm³/mol. The Balaban J connectivity index is 2.64. The maximum absolute atomic E-state index is 5.68. The molecule has 1 aromatic carbocycles. The molecule has 0 bridgehead atoms. The molecule has 0 radical (unpaired) electrons. The molecule has 0 amide bonds. The van der Waals surface area contributed by atoms with Gasteiger partial charge in [-0.1, -0.05) is 6.07 Å². The molecule has 0 saturated heterocycles. The molecule has 1 heterocycles. The van der Waals surface area contributed by atoms with E-state index in [0.717, 1.165) is 16.8 Å². The SMILES string of the molecule is Cc1cc(C)c(-c2cc(N)nc(N)n2)cc1C. The Labute approximate surface area is 101 Å². The van der Waals surface area contributed by atoms with Gasteiger partial charge in [-0.3, -0.25) is 0 Å². The third kappa shape index (κ3) is 2.20. The molecule has 4 N–H and O–H groups in total. The molecule has 0 aliphatic heterocycles. The highest BCUT2D eigenvalue weighted by atomic mass is 15.0. The molecule has 0 spiro atoms. The summed E-state index contributed by atoms with van der Waals surface area (Å²) in [5, 5.41) is 0. The van der Waals surface area contributed by atoms with E-state index in [1.165, 1.54) is 11.1 Å². The minimum absolute atomic E-state index is 0.206. The third-order valence-corrected chi connectivity index (χ3v) is 2.88. The van der Waals surface area contributed by atoms with Crippen molar-refractivity contribution in [2.45, 2.75) is 20.8 Å². The molecule has 0 aliphatic rings. The fourth-order valence-corrected chi connectivity index (χ4v) is 1.86. The Kier molecular flexibility index (Phi) is 2.71. The van der Waals surface area contributed by atoms with Gasteiger partial charge < -0.3 is 11.5 Å². The van der Waals surface area contributed by atoms with Gasteiger partial charge in [0.15, 0.2) is 0 Å². The molecule has 2 rings (SSSR count). The van der Waals surface area contributed by atoms with Crippen molar-refractivity contribution in [3.8, 4) is 11.3 Å². The minimum Gasteiger partial charge on any atom is -0.384 e. The highest BCUT2D eigenvalue weighted by Gasteiger charge is 2.08. The van der Waals surface area contributed by atoms with Crippen LogP contribution in [0.5, 0.6) is 0 Å². The average molecular weight is 228 g/mol. The first-order valence-corrected chi connectivity index (χ1v) is 5.45. The summed E-state index contributed by atoms with van der Waals surface area (Å²) < 4.78 is 0. The smallest absolute Gasteiger partial charge is 0.222 e. The van der Waals surface area contributed by atoms with Crippen molar-refractivity contribution < 1.29 is 0 Å². The zero-order valence-electron chi connectivity index (χ0n) is 10.3. The van der Waals surface area contributed by atoms with Crippen LogP contribution in [0, 0.1) is 20.8 Å². The largest absolute Gasteiger partial charge is 0.384 e. The van der Waals surface area contributed by atoms with Crippen LogP contribution >= 0.6 is 0 Å². The van der Waals surface area contributed by atoms with Crippen molar-refractivity contribution in [3.05, 3.63) is 34.9 Å². The summed E-state index contributed by atoms with van der Waals surface area (Å²) in [6.07, 6.45) is 0.